The monoisotopic (exact) mass is 218 g/mol. The second-order valence-corrected chi connectivity index (χ2v) is 4.23. The van der Waals surface area contributed by atoms with Gasteiger partial charge in [0.2, 0.25) is 5.78 Å². The van der Waals surface area contributed by atoms with E-state index in [0.717, 1.165) is 0 Å². The lowest BCUT2D eigenvalue weighted by atomic mass is 9.99. The van der Waals surface area contributed by atoms with Gasteiger partial charge in [-0.2, -0.15) is 0 Å². The molecule has 0 aromatic heterocycles. The zero-order valence-electron chi connectivity index (χ0n) is 8.60. The SMILES string of the molecule is CC1(C)OCC2(OCC(O)C(O)C2=O)O1. The van der Waals surface area contributed by atoms with Gasteiger partial charge in [0.05, 0.1) is 6.61 Å². The number of aliphatic hydroxyl groups is 2. The number of Topliss-reactive ketones (excluding diaryl/α,β-unsaturated/α-hetero) is 1. The van der Waals surface area contributed by atoms with E-state index in [4.69, 9.17) is 14.2 Å². The van der Waals surface area contributed by atoms with Crippen LogP contribution in [0, 0.1) is 0 Å². The molecule has 2 fully saturated rings. The molecule has 2 aliphatic heterocycles. The van der Waals surface area contributed by atoms with Crippen LogP contribution in [0.1, 0.15) is 13.8 Å². The van der Waals surface area contributed by atoms with Gasteiger partial charge in [0.25, 0.3) is 5.79 Å². The Balaban J connectivity index is 2.20. The predicted octanol–water partition coefficient (Wildman–Crippen LogP) is -1.21. The lowest BCUT2D eigenvalue weighted by molar-refractivity contribution is -0.271. The average molecular weight is 218 g/mol. The van der Waals surface area contributed by atoms with E-state index in [0.29, 0.717) is 0 Å². The third kappa shape index (κ3) is 1.68. The summed E-state index contributed by atoms with van der Waals surface area (Å²) in [4.78, 5) is 11.7. The van der Waals surface area contributed by atoms with Crippen LogP contribution in [-0.4, -0.2) is 53.0 Å². The Hall–Kier alpha value is -0.530. The molecule has 0 aromatic carbocycles. The molecule has 2 aliphatic rings. The first-order valence-electron chi connectivity index (χ1n) is 4.75. The van der Waals surface area contributed by atoms with E-state index >= 15 is 0 Å². The first-order chi connectivity index (χ1) is 6.86. The van der Waals surface area contributed by atoms with Gasteiger partial charge >= 0.3 is 0 Å². The van der Waals surface area contributed by atoms with Crippen molar-refractivity contribution in [3.63, 3.8) is 0 Å². The fraction of sp³-hybridized carbons (Fsp3) is 0.889. The number of rotatable bonds is 0. The molecule has 6 heteroatoms. The molecule has 15 heavy (non-hydrogen) atoms. The van der Waals surface area contributed by atoms with Gasteiger partial charge in [0, 0.05) is 0 Å². The minimum atomic E-state index is -1.55. The minimum Gasteiger partial charge on any atom is -0.388 e. The Morgan fingerprint density at radius 1 is 1.33 bits per heavy atom. The van der Waals surface area contributed by atoms with Crippen molar-refractivity contribution in [1.29, 1.82) is 0 Å². The minimum absolute atomic E-state index is 0.0669. The van der Waals surface area contributed by atoms with Gasteiger partial charge in [-0.3, -0.25) is 4.79 Å². The first kappa shape index (κ1) is 11.0. The van der Waals surface area contributed by atoms with Crippen LogP contribution in [0.25, 0.3) is 0 Å². The Morgan fingerprint density at radius 3 is 2.53 bits per heavy atom. The van der Waals surface area contributed by atoms with Gasteiger partial charge in [-0.25, -0.2) is 0 Å². The van der Waals surface area contributed by atoms with Crippen LogP contribution in [0.3, 0.4) is 0 Å². The number of carbonyl (C=O) groups excluding carboxylic acids is 1. The van der Waals surface area contributed by atoms with Crippen molar-refractivity contribution in [2.24, 2.45) is 0 Å². The Labute approximate surface area is 86.7 Å². The maximum atomic E-state index is 11.7. The van der Waals surface area contributed by atoms with Crippen LogP contribution < -0.4 is 0 Å². The number of carbonyl (C=O) groups is 1. The fourth-order valence-electron chi connectivity index (χ4n) is 1.70. The molecule has 3 atom stereocenters. The summed E-state index contributed by atoms with van der Waals surface area (Å²) in [7, 11) is 0. The molecular formula is C9H14O6. The van der Waals surface area contributed by atoms with Crippen LogP contribution in [0.5, 0.6) is 0 Å². The van der Waals surface area contributed by atoms with Crippen molar-refractivity contribution in [1.82, 2.24) is 0 Å². The lowest BCUT2D eigenvalue weighted by Crippen LogP contribution is -2.59. The van der Waals surface area contributed by atoms with Crippen molar-refractivity contribution >= 4 is 5.78 Å². The van der Waals surface area contributed by atoms with Crippen molar-refractivity contribution in [2.75, 3.05) is 13.2 Å². The van der Waals surface area contributed by atoms with Crippen LogP contribution in [0.2, 0.25) is 0 Å². The second kappa shape index (κ2) is 3.23. The van der Waals surface area contributed by atoms with Gasteiger partial charge in [-0.05, 0) is 13.8 Å². The summed E-state index contributed by atoms with van der Waals surface area (Å²) in [6, 6.07) is 0. The molecule has 2 saturated heterocycles. The van der Waals surface area contributed by atoms with Crippen LogP contribution in [-0.2, 0) is 19.0 Å². The van der Waals surface area contributed by atoms with Crippen molar-refractivity contribution in [3.8, 4) is 0 Å². The van der Waals surface area contributed by atoms with Gasteiger partial charge in [-0.15, -0.1) is 0 Å². The summed E-state index contributed by atoms with van der Waals surface area (Å²) in [5.41, 5.74) is 0. The highest BCUT2D eigenvalue weighted by Crippen LogP contribution is 2.35. The lowest BCUT2D eigenvalue weighted by Gasteiger charge is -2.35. The predicted molar refractivity (Wildman–Crippen MR) is 46.8 cm³/mol. The molecule has 6 nitrogen and oxygen atoms in total. The second-order valence-electron chi connectivity index (χ2n) is 4.23. The summed E-state index contributed by atoms with van der Waals surface area (Å²) in [6.45, 7) is 3.08. The van der Waals surface area contributed by atoms with Crippen molar-refractivity contribution < 1.29 is 29.2 Å². The molecule has 0 amide bonds. The third-order valence-corrected chi connectivity index (χ3v) is 2.52. The molecular weight excluding hydrogens is 204 g/mol. The van der Waals surface area contributed by atoms with Crippen LogP contribution in [0.15, 0.2) is 0 Å². The highest BCUT2D eigenvalue weighted by Gasteiger charge is 2.57. The zero-order valence-corrected chi connectivity index (χ0v) is 8.60. The highest BCUT2D eigenvalue weighted by molar-refractivity contribution is 5.91. The number of aliphatic hydroxyl groups excluding tert-OH is 2. The normalized spacial score (nSPS) is 44.9. The quantitative estimate of drug-likeness (QED) is 0.530. The van der Waals surface area contributed by atoms with Crippen LogP contribution >= 0.6 is 0 Å². The Bertz CT molecular complexity index is 288. The molecule has 2 heterocycles. The molecule has 2 rings (SSSR count). The van der Waals surface area contributed by atoms with E-state index in [-0.39, 0.29) is 13.2 Å². The van der Waals surface area contributed by atoms with Gasteiger partial charge in [0.15, 0.2) is 5.79 Å². The number of hydrogen-bond donors (Lipinski definition) is 2. The molecule has 3 unspecified atom stereocenters. The summed E-state index contributed by atoms with van der Waals surface area (Å²) < 4.78 is 15.7. The summed E-state index contributed by atoms with van der Waals surface area (Å²) in [6.07, 6.45) is -2.67. The number of ketones is 1. The van der Waals surface area contributed by atoms with Crippen molar-refractivity contribution in [3.05, 3.63) is 0 Å². The van der Waals surface area contributed by atoms with Crippen molar-refractivity contribution in [2.45, 2.75) is 37.6 Å². The first-order valence-corrected chi connectivity index (χ1v) is 4.75. The summed E-state index contributed by atoms with van der Waals surface area (Å²) in [5.74, 6) is -3.16. The maximum Gasteiger partial charge on any atom is 0.258 e. The van der Waals surface area contributed by atoms with E-state index < -0.39 is 29.6 Å². The molecule has 1 spiro atoms. The smallest absolute Gasteiger partial charge is 0.258 e. The topological polar surface area (TPSA) is 85.2 Å². The molecule has 0 aromatic rings. The molecule has 0 aliphatic carbocycles. The van der Waals surface area contributed by atoms with Gasteiger partial charge in [-0.1, -0.05) is 0 Å². The van der Waals surface area contributed by atoms with Gasteiger partial charge in [0.1, 0.15) is 18.8 Å². The van der Waals surface area contributed by atoms with E-state index in [1.54, 1.807) is 13.8 Å². The molecule has 86 valence electrons. The summed E-state index contributed by atoms with van der Waals surface area (Å²) in [5, 5.41) is 18.7. The Kier molecular flexibility index (Phi) is 2.36. The molecule has 0 radical (unpaired) electrons. The summed E-state index contributed by atoms with van der Waals surface area (Å²) >= 11 is 0. The molecule has 0 bridgehead atoms. The van der Waals surface area contributed by atoms with Crippen LogP contribution in [0.4, 0.5) is 0 Å². The van der Waals surface area contributed by atoms with E-state index in [9.17, 15) is 15.0 Å². The third-order valence-electron chi connectivity index (χ3n) is 2.52. The molecule has 0 saturated carbocycles. The Morgan fingerprint density at radius 2 is 2.00 bits per heavy atom. The van der Waals surface area contributed by atoms with E-state index in [1.165, 1.54) is 0 Å². The number of ether oxygens (including phenoxy) is 3. The van der Waals surface area contributed by atoms with Gasteiger partial charge < -0.3 is 24.4 Å². The average Bonchev–Trinajstić information content (AvgIpc) is 2.47. The highest BCUT2D eigenvalue weighted by atomic mass is 16.8. The fourth-order valence-corrected chi connectivity index (χ4v) is 1.70. The number of hydrogen-bond acceptors (Lipinski definition) is 6. The van der Waals surface area contributed by atoms with E-state index in [2.05, 4.69) is 0 Å². The molecule has 2 N–H and O–H groups in total. The standard InChI is InChI=1S/C9H14O6/c1-8(2)14-4-9(15-8)7(12)6(11)5(10)3-13-9/h5-6,10-11H,3-4H2,1-2H3. The largest absolute Gasteiger partial charge is 0.388 e. The zero-order chi connectivity index (χ0) is 11.3. The maximum absolute atomic E-state index is 11.7. The van der Waals surface area contributed by atoms with E-state index in [1.807, 2.05) is 0 Å².